The zero-order chi connectivity index (χ0) is 12.4. The highest BCUT2D eigenvalue weighted by Gasteiger charge is 2.27. The summed E-state index contributed by atoms with van der Waals surface area (Å²) >= 11 is 0. The van der Waals surface area contributed by atoms with E-state index in [2.05, 4.69) is 9.98 Å². The van der Waals surface area contributed by atoms with Gasteiger partial charge in [-0.3, -0.25) is 0 Å². The summed E-state index contributed by atoms with van der Waals surface area (Å²) in [6, 6.07) is 1.98. The van der Waals surface area contributed by atoms with Crippen molar-refractivity contribution in [1.29, 1.82) is 5.26 Å². The Morgan fingerprint density at radius 2 is 2.06 bits per heavy atom. The van der Waals surface area contributed by atoms with E-state index in [4.69, 9.17) is 5.26 Å². The van der Waals surface area contributed by atoms with Crippen molar-refractivity contribution in [3.05, 3.63) is 0 Å². The molecule has 0 spiro atoms. The van der Waals surface area contributed by atoms with Crippen LogP contribution < -0.4 is 0 Å². The lowest BCUT2D eigenvalue weighted by molar-refractivity contribution is 0.379. The Kier molecular flexibility index (Phi) is 6.71. The lowest BCUT2D eigenvalue weighted by Gasteiger charge is -2.20. The first-order chi connectivity index (χ1) is 7.61. The molecule has 0 N–H and O–H groups in total. The zero-order valence-corrected chi connectivity index (χ0v) is 9.56. The van der Waals surface area contributed by atoms with Gasteiger partial charge in [-0.2, -0.15) is 10.3 Å². The largest absolute Gasteiger partial charge is 0.236 e. The molecule has 86 valence electrons. The van der Waals surface area contributed by atoms with Crippen LogP contribution in [-0.2, 0) is 9.59 Å². The van der Waals surface area contributed by atoms with E-state index < -0.39 is 5.54 Å². The molecule has 0 aliphatic carbocycles. The summed E-state index contributed by atoms with van der Waals surface area (Å²) in [5.74, 6) is 0.0631. The maximum absolute atomic E-state index is 10.2. The van der Waals surface area contributed by atoms with Crippen molar-refractivity contribution in [1.82, 2.24) is 0 Å². The molecule has 2 atom stereocenters. The lowest BCUT2D eigenvalue weighted by Crippen LogP contribution is -2.25. The van der Waals surface area contributed by atoms with Crippen molar-refractivity contribution in [2.24, 2.45) is 15.9 Å². The van der Waals surface area contributed by atoms with Crippen molar-refractivity contribution in [2.75, 3.05) is 6.54 Å². The normalized spacial score (nSPS) is 14.8. The molecule has 16 heavy (non-hydrogen) atoms. The predicted octanol–water partition coefficient (Wildman–Crippen LogP) is 1.75. The van der Waals surface area contributed by atoms with Crippen molar-refractivity contribution < 1.29 is 9.59 Å². The van der Waals surface area contributed by atoms with E-state index in [9.17, 15) is 9.59 Å². The number of nitrogens with zero attached hydrogens (tertiary/aromatic N) is 3. The Morgan fingerprint density at radius 3 is 2.50 bits per heavy atom. The van der Waals surface area contributed by atoms with Gasteiger partial charge in [0.15, 0.2) is 5.54 Å². The van der Waals surface area contributed by atoms with Crippen LogP contribution in [0.15, 0.2) is 9.98 Å². The molecular formula is C11H15N3O2. The number of hydrogen-bond acceptors (Lipinski definition) is 5. The molecule has 0 amide bonds. The van der Waals surface area contributed by atoms with Gasteiger partial charge in [-0.25, -0.2) is 14.6 Å². The second-order valence-electron chi connectivity index (χ2n) is 3.88. The van der Waals surface area contributed by atoms with Crippen LogP contribution in [0.5, 0.6) is 0 Å². The van der Waals surface area contributed by atoms with Gasteiger partial charge in [0.2, 0.25) is 12.2 Å². The van der Waals surface area contributed by atoms with Gasteiger partial charge >= 0.3 is 0 Å². The van der Waals surface area contributed by atoms with E-state index in [0.29, 0.717) is 13.0 Å². The Hall–Kier alpha value is -1.75. The van der Waals surface area contributed by atoms with Gasteiger partial charge in [0.1, 0.15) is 0 Å². The Morgan fingerprint density at radius 1 is 1.38 bits per heavy atom. The molecule has 0 saturated carbocycles. The first-order valence-electron chi connectivity index (χ1n) is 5.15. The summed E-state index contributed by atoms with van der Waals surface area (Å²) in [6.07, 6.45) is 5.04. The second-order valence-corrected chi connectivity index (χ2v) is 3.88. The number of hydrogen-bond donors (Lipinski definition) is 0. The van der Waals surface area contributed by atoms with Gasteiger partial charge in [0.25, 0.3) is 0 Å². The summed E-state index contributed by atoms with van der Waals surface area (Å²) in [5.41, 5.74) is -1.07. The van der Waals surface area contributed by atoms with Crippen LogP contribution in [0.3, 0.4) is 0 Å². The molecule has 0 rings (SSSR count). The SMILES string of the molecule is CCCC(CN=C=O)CC(C)(C#N)N=C=O. The molecule has 0 aliphatic rings. The van der Waals surface area contributed by atoms with Crippen LogP contribution in [0.4, 0.5) is 0 Å². The molecule has 0 heterocycles. The lowest BCUT2D eigenvalue weighted by atomic mass is 9.88. The maximum atomic E-state index is 10.2. The Labute approximate surface area is 94.9 Å². The molecule has 0 bridgehead atoms. The van der Waals surface area contributed by atoms with Gasteiger partial charge in [-0.15, -0.1) is 0 Å². The highest BCUT2D eigenvalue weighted by atomic mass is 16.1. The van der Waals surface area contributed by atoms with E-state index in [1.807, 2.05) is 13.0 Å². The minimum absolute atomic E-state index is 0.0631. The van der Waals surface area contributed by atoms with Crippen LogP contribution in [0.1, 0.15) is 33.1 Å². The van der Waals surface area contributed by atoms with Gasteiger partial charge in [-0.05, 0) is 25.7 Å². The molecule has 2 unspecified atom stereocenters. The zero-order valence-electron chi connectivity index (χ0n) is 9.56. The fraction of sp³-hybridized carbons (Fsp3) is 0.727. The average Bonchev–Trinajstić information content (AvgIpc) is 2.26. The number of rotatable bonds is 7. The average molecular weight is 221 g/mol. The van der Waals surface area contributed by atoms with Crippen LogP contribution in [0.25, 0.3) is 0 Å². The standard InChI is InChI=1S/C11H15N3O2/c1-3-4-10(6-13-8-15)5-11(2,7-12)14-9-16/h10H,3-6H2,1-2H3. The number of carbonyl (C=O) groups excluding carboxylic acids is 2. The highest BCUT2D eigenvalue weighted by molar-refractivity contribution is 5.36. The summed E-state index contributed by atoms with van der Waals surface area (Å²) in [6.45, 7) is 3.90. The Balaban J connectivity index is 4.64. The molecule has 0 aromatic carbocycles. The summed E-state index contributed by atoms with van der Waals surface area (Å²) in [7, 11) is 0. The molecule has 5 heteroatoms. The minimum Gasteiger partial charge on any atom is -0.211 e. The van der Waals surface area contributed by atoms with Crippen LogP contribution >= 0.6 is 0 Å². The first kappa shape index (κ1) is 14.2. The van der Waals surface area contributed by atoms with Gasteiger partial charge in [0, 0.05) is 0 Å². The van der Waals surface area contributed by atoms with Gasteiger partial charge < -0.3 is 0 Å². The van der Waals surface area contributed by atoms with Crippen LogP contribution in [0, 0.1) is 17.2 Å². The quantitative estimate of drug-likeness (QED) is 0.485. The van der Waals surface area contributed by atoms with Crippen molar-refractivity contribution >= 4 is 12.2 Å². The second kappa shape index (κ2) is 7.53. The molecule has 0 aromatic rings. The van der Waals surface area contributed by atoms with Gasteiger partial charge in [-0.1, -0.05) is 13.3 Å². The molecule has 0 radical (unpaired) electrons. The van der Waals surface area contributed by atoms with Crippen molar-refractivity contribution in [3.63, 3.8) is 0 Å². The third kappa shape index (κ3) is 5.21. The van der Waals surface area contributed by atoms with Crippen molar-refractivity contribution in [3.8, 4) is 6.07 Å². The monoisotopic (exact) mass is 221 g/mol. The smallest absolute Gasteiger partial charge is 0.211 e. The predicted molar refractivity (Wildman–Crippen MR) is 58.1 cm³/mol. The Bertz CT molecular complexity index is 349. The molecule has 0 saturated heterocycles. The van der Waals surface area contributed by atoms with Crippen LogP contribution in [-0.4, -0.2) is 24.2 Å². The summed E-state index contributed by atoms with van der Waals surface area (Å²) in [5, 5.41) is 8.93. The number of nitriles is 1. The van der Waals surface area contributed by atoms with Crippen molar-refractivity contribution in [2.45, 2.75) is 38.6 Å². The number of aliphatic imine (C=N–C) groups is 2. The molecule has 0 aromatic heterocycles. The fourth-order valence-electron chi connectivity index (χ4n) is 1.61. The molecule has 5 nitrogen and oxygen atoms in total. The van der Waals surface area contributed by atoms with E-state index in [1.54, 1.807) is 6.92 Å². The third-order valence-corrected chi connectivity index (χ3v) is 2.33. The fourth-order valence-corrected chi connectivity index (χ4v) is 1.61. The first-order valence-corrected chi connectivity index (χ1v) is 5.15. The number of isocyanates is 2. The van der Waals surface area contributed by atoms with Gasteiger partial charge in [0.05, 0.1) is 12.6 Å². The van der Waals surface area contributed by atoms with E-state index in [-0.39, 0.29) is 5.92 Å². The molecule has 0 aliphatic heterocycles. The minimum atomic E-state index is -1.07. The topological polar surface area (TPSA) is 82.7 Å². The van der Waals surface area contributed by atoms with E-state index in [1.165, 1.54) is 12.2 Å². The summed E-state index contributed by atoms with van der Waals surface area (Å²) in [4.78, 5) is 27.2. The molecular weight excluding hydrogens is 206 g/mol. The molecule has 0 fully saturated rings. The highest BCUT2D eigenvalue weighted by Crippen LogP contribution is 2.23. The summed E-state index contributed by atoms with van der Waals surface area (Å²) < 4.78 is 0. The maximum Gasteiger partial charge on any atom is 0.236 e. The third-order valence-electron chi connectivity index (χ3n) is 2.33. The van der Waals surface area contributed by atoms with E-state index in [0.717, 1.165) is 12.8 Å². The van der Waals surface area contributed by atoms with E-state index >= 15 is 0 Å². The van der Waals surface area contributed by atoms with Crippen LogP contribution in [0.2, 0.25) is 0 Å².